The van der Waals surface area contributed by atoms with Crippen molar-refractivity contribution >= 4 is 80.8 Å². The lowest BCUT2D eigenvalue weighted by molar-refractivity contribution is 1.18. The molecule has 0 aliphatic carbocycles. The van der Waals surface area contributed by atoms with E-state index in [1.807, 2.05) is 23.5 Å². The van der Waals surface area contributed by atoms with Crippen molar-refractivity contribution in [3.8, 4) is 22.5 Å². The molecule has 0 radical (unpaired) electrons. The van der Waals surface area contributed by atoms with Crippen molar-refractivity contribution in [2.45, 2.75) is 0 Å². The van der Waals surface area contributed by atoms with Crippen LogP contribution in [0.1, 0.15) is 0 Å². The number of fused-ring (bicyclic) bond motifs is 10. The van der Waals surface area contributed by atoms with Crippen molar-refractivity contribution in [3.05, 3.63) is 163 Å². The molecule has 0 saturated heterocycles. The third kappa shape index (κ3) is 3.72. The van der Waals surface area contributed by atoms with Crippen LogP contribution in [-0.4, -0.2) is 9.13 Å². The first kappa shape index (κ1) is 26.1. The third-order valence-corrected chi connectivity index (χ3v) is 10.7. The van der Waals surface area contributed by atoms with Gasteiger partial charge in [-0.2, -0.15) is 0 Å². The van der Waals surface area contributed by atoms with Gasteiger partial charge >= 0.3 is 0 Å². The fourth-order valence-corrected chi connectivity index (χ4v) is 8.64. The summed E-state index contributed by atoms with van der Waals surface area (Å²) >= 11 is 1.85. The van der Waals surface area contributed by atoms with Crippen LogP contribution in [-0.2, 0) is 0 Å². The van der Waals surface area contributed by atoms with E-state index in [9.17, 15) is 0 Å². The van der Waals surface area contributed by atoms with Crippen LogP contribution in [0.5, 0.6) is 0 Å². The second-order valence-electron chi connectivity index (χ2n) is 12.0. The van der Waals surface area contributed by atoms with Crippen LogP contribution in [0.15, 0.2) is 152 Å². The maximum atomic E-state index is 7.89. The van der Waals surface area contributed by atoms with Crippen molar-refractivity contribution < 1.29 is 0 Å². The number of thiophene rings is 1. The molecule has 0 fully saturated rings. The van der Waals surface area contributed by atoms with Crippen molar-refractivity contribution in [1.29, 1.82) is 0 Å². The van der Waals surface area contributed by atoms with Gasteiger partial charge in [-0.15, -0.1) is 11.3 Å². The third-order valence-electron chi connectivity index (χ3n) is 9.52. The number of para-hydroxylation sites is 3. The minimum absolute atomic E-state index is 0.628. The Morgan fingerprint density at radius 2 is 1.17 bits per heavy atom. The molecular weight excluding hydrogens is 591 g/mol. The predicted octanol–water partition coefficient (Wildman–Crippen LogP) is 12.5. The summed E-state index contributed by atoms with van der Waals surface area (Å²) in [7, 11) is 0. The smallest absolute Gasteiger partial charge is 0.188 e. The molecule has 0 atom stereocenters. The maximum absolute atomic E-state index is 7.89. The molecule has 0 saturated carbocycles. The van der Waals surface area contributed by atoms with Crippen LogP contribution < -0.4 is 0 Å². The summed E-state index contributed by atoms with van der Waals surface area (Å²) in [5.41, 5.74) is 9.65. The van der Waals surface area contributed by atoms with E-state index >= 15 is 0 Å². The molecule has 0 spiro atoms. The lowest BCUT2D eigenvalue weighted by Gasteiger charge is -2.15. The molecule has 0 amide bonds. The van der Waals surface area contributed by atoms with Crippen molar-refractivity contribution in [3.63, 3.8) is 0 Å². The minimum atomic E-state index is 0.628. The molecule has 10 rings (SSSR count). The molecule has 0 unspecified atom stereocenters. The molecule has 3 nitrogen and oxygen atoms in total. The average molecular weight is 616 g/mol. The number of hydrogen-bond acceptors (Lipinski definition) is 1. The number of hydrogen-bond donors (Lipinski definition) is 0. The zero-order valence-electron chi connectivity index (χ0n) is 25.2. The average Bonchev–Trinajstić information content (AvgIpc) is 3.79. The van der Waals surface area contributed by atoms with Gasteiger partial charge < -0.3 is 9.13 Å². The van der Waals surface area contributed by atoms with Gasteiger partial charge in [0.15, 0.2) is 5.69 Å². The van der Waals surface area contributed by atoms with E-state index in [-0.39, 0.29) is 0 Å². The summed E-state index contributed by atoms with van der Waals surface area (Å²) in [6.07, 6.45) is 0. The fraction of sp³-hybridized carbons (Fsp3) is 0. The first-order chi connectivity index (χ1) is 23.3. The first-order valence-electron chi connectivity index (χ1n) is 15.7. The Bertz CT molecular complexity index is 2860. The van der Waals surface area contributed by atoms with E-state index in [2.05, 4.69) is 154 Å². The largest absolute Gasteiger partial charge is 0.309 e. The summed E-state index contributed by atoms with van der Waals surface area (Å²) in [5, 5.41) is 7.44. The van der Waals surface area contributed by atoms with Crippen LogP contribution in [0.2, 0.25) is 0 Å². The quantitative estimate of drug-likeness (QED) is 0.176. The Labute approximate surface area is 274 Å². The van der Waals surface area contributed by atoms with Gasteiger partial charge in [-0.1, -0.05) is 91.0 Å². The standard InChI is InChI=1S/C43H25N3S/c1-44-28-20-23-38(46-36-16-8-5-13-30(36)31-14-6-9-17-37(31)46)34(26-28)27-19-22-39-35(25-27)32-21-24-41-42(33-15-7-10-18-40(33)47-41)43(32)45(39)29-11-3-2-4-12-29/h2-26H. The van der Waals surface area contributed by atoms with Gasteiger partial charge in [-0.05, 0) is 71.8 Å². The highest BCUT2D eigenvalue weighted by Gasteiger charge is 2.20. The summed E-state index contributed by atoms with van der Waals surface area (Å²) in [5.74, 6) is 0. The summed E-state index contributed by atoms with van der Waals surface area (Å²) in [6, 6.07) is 54.1. The van der Waals surface area contributed by atoms with Gasteiger partial charge in [0, 0.05) is 47.4 Å². The zero-order chi connectivity index (χ0) is 31.1. The lowest BCUT2D eigenvalue weighted by Crippen LogP contribution is -1.97. The van der Waals surface area contributed by atoms with E-state index < -0.39 is 0 Å². The first-order valence-corrected chi connectivity index (χ1v) is 16.5. The van der Waals surface area contributed by atoms with Crippen LogP contribution in [0.4, 0.5) is 5.69 Å². The minimum Gasteiger partial charge on any atom is -0.309 e. The highest BCUT2D eigenvalue weighted by molar-refractivity contribution is 7.26. The second kappa shape index (κ2) is 9.92. The molecule has 7 aromatic carbocycles. The van der Waals surface area contributed by atoms with Gasteiger partial charge in [0.05, 0.1) is 34.3 Å². The van der Waals surface area contributed by atoms with Gasteiger partial charge in [0.2, 0.25) is 0 Å². The molecule has 0 N–H and O–H groups in total. The van der Waals surface area contributed by atoms with Crippen LogP contribution in [0.25, 0.3) is 91.1 Å². The van der Waals surface area contributed by atoms with Gasteiger partial charge in [0.25, 0.3) is 0 Å². The van der Waals surface area contributed by atoms with E-state index in [1.165, 1.54) is 47.2 Å². The number of aromatic nitrogens is 2. The molecule has 10 aromatic rings. The van der Waals surface area contributed by atoms with Crippen molar-refractivity contribution in [2.75, 3.05) is 0 Å². The van der Waals surface area contributed by atoms with Crippen LogP contribution in [0, 0.1) is 6.57 Å². The molecule has 3 heterocycles. The van der Waals surface area contributed by atoms with E-state index in [0.29, 0.717) is 5.69 Å². The summed E-state index contributed by atoms with van der Waals surface area (Å²) < 4.78 is 7.37. The van der Waals surface area contributed by atoms with Gasteiger partial charge in [-0.25, -0.2) is 4.85 Å². The highest BCUT2D eigenvalue weighted by atomic mass is 32.1. The lowest BCUT2D eigenvalue weighted by atomic mass is 9.99. The summed E-state index contributed by atoms with van der Waals surface area (Å²) in [4.78, 5) is 3.85. The number of benzene rings is 7. The molecule has 218 valence electrons. The van der Waals surface area contributed by atoms with E-state index in [1.54, 1.807) is 0 Å². The van der Waals surface area contributed by atoms with Gasteiger partial charge in [-0.3, -0.25) is 0 Å². The van der Waals surface area contributed by atoms with E-state index in [4.69, 9.17) is 6.57 Å². The fourth-order valence-electron chi connectivity index (χ4n) is 7.53. The molecule has 3 aromatic heterocycles. The van der Waals surface area contributed by atoms with Crippen LogP contribution in [0.3, 0.4) is 0 Å². The molecule has 47 heavy (non-hydrogen) atoms. The zero-order valence-corrected chi connectivity index (χ0v) is 26.0. The maximum Gasteiger partial charge on any atom is 0.188 e. The number of rotatable bonds is 3. The topological polar surface area (TPSA) is 14.2 Å². The Balaban J connectivity index is 1.31. The Hall–Kier alpha value is -6.15. The van der Waals surface area contributed by atoms with Gasteiger partial charge in [0.1, 0.15) is 0 Å². The SMILES string of the molecule is [C-]#[N+]c1ccc(-n2c3ccccc3c3ccccc32)c(-c2ccc3c(c2)c2ccc4sc5ccccc5c4c2n3-c2ccccc2)c1. The Kier molecular flexibility index (Phi) is 5.51. The summed E-state index contributed by atoms with van der Waals surface area (Å²) in [6.45, 7) is 7.89. The second-order valence-corrected chi connectivity index (χ2v) is 13.1. The number of nitrogens with zero attached hydrogens (tertiary/aromatic N) is 3. The highest BCUT2D eigenvalue weighted by Crippen LogP contribution is 2.45. The van der Waals surface area contributed by atoms with E-state index in [0.717, 1.165) is 39.1 Å². The molecule has 0 aliphatic rings. The van der Waals surface area contributed by atoms with Crippen molar-refractivity contribution in [1.82, 2.24) is 9.13 Å². The van der Waals surface area contributed by atoms with Crippen LogP contribution >= 0.6 is 11.3 Å². The Morgan fingerprint density at radius 1 is 0.489 bits per heavy atom. The molecule has 0 bridgehead atoms. The molecule has 4 heteroatoms. The monoisotopic (exact) mass is 615 g/mol. The normalized spacial score (nSPS) is 11.8. The van der Waals surface area contributed by atoms with Crippen molar-refractivity contribution in [2.24, 2.45) is 0 Å². The molecular formula is C43H25N3S. The predicted molar refractivity (Wildman–Crippen MR) is 200 cm³/mol. The Morgan fingerprint density at radius 3 is 1.94 bits per heavy atom. The molecule has 0 aliphatic heterocycles.